The van der Waals surface area contributed by atoms with Crippen LogP contribution in [0.15, 0.2) is 47.4 Å². The van der Waals surface area contributed by atoms with Gasteiger partial charge in [0.1, 0.15) is 5.75 Å². The summed E-state index contributed by atoms with van der Waals surface area (Å²) >= 11 is 0. The lowest BCUT2D eigenvalue weighted by Crippen LogP contribution is -2.38. The number of fused-ring (bicyclic) bond motifs is 1. The molecule has 1 aliphatic rings. The summed E-state index contributed by atoms with van der Waals surface area (Å²) in [6.07, 6.45) is -0.891. The molecule has 0 fully saturated rings. The third-order valence-electron chi connectivity index (χ3n) is 5.50. The van der Waals surface area contributed by atoms with Crippen LogP contribution in [0.4, 0.5) is 0 Å². The molecular formula is C23H29NO5S. The molecule has 3 rings (SSSR count). The maximum Gasteiger partial charge on any atom is 0.257 e. The third kappa shape index (κ3) is 4.52. The summed E-state index contributed by atoms with van der Waals surface area (Å²) < 4.78 is 31.6. The van der Waals surface area contributed by atoms with Crippen LogP contribution < -0.4 is 10.1 Å². The van der Waals surface area contributed by atoms with E-state index >= 15 is 0 Å². The summed E-state index contributed by atoms with van der Waals surface area (Å²) in [7, 11) is -3.54. The summed E-state index contributed by atoms with van der Waals surface area (Å²) in [6.45, 7) is 7.77. The van der Waals surface area contributed by atoms with Gasteiger partial charge in [0.15, 0.2) is 16.4 Å². The largest absolute Gasteiger partial charge is 0.484 e. The first-order chi connectivity index (χ1) is 14.0. The molecule has 2 aromatic rings. The van der Waals surface area contributed by atoms with Crippen molar-refractivity contribution in [3.8, 4) is 5.75 Å². The van der Waals surface area contributed by atoms with Crippen LogP contribution in [0.3, 0.4) is 0 Å². The van der Waals surface area contributed by atoms with Crippen molar-refractivity contribution < 1.29 is 23.1 Å². The minimum absolute atomic E-state index is 0.0768. The van der Waals surface area contributed by atoms with Crippen LogP contribution in [0.1, 0.15) is 43.4 Å². The quantitative estimate of drug-likeness (QED) is 0.759. The predicted molar refractivity (Wildman–Crippen MR) is 115 cm³/mol. The van der Waals surface area contributed by atoms with Gasteiger partial charge in [-0.05, 0) is 43.2 Å². The fourth-order valence-electron chi connectivity index (χ4n) is 4.00. The average Bonchev–Trinajstić information content (AvgIpc) is 2.72. The van der Waals surface area contributed by atoms with E-state index in [4.69, 9.17) is 4.74 Å². The highest BCUT2D eigenvalue weighted by Crippen LogP contribution is 2.44. The lowest BCUT2D eigenvalue weighted by Gasteiger charge is -2.33. The second-order valence-electron chi connectivity index (χ2n) is 8.52. The van der Waals surface area contributed by atoms with Crippen molar-refractivity contribution >= 4 is 15.7 Å². The second kappa shape index (κ2) is 8.40. The van der Waals surface area contributed by atoms with Crippen molar-refractivity contribution in [2.24, 2.45) is 5.41 Å². The summed E-state index contributed by atoms with van der Waals surface area (Å²) in [5.74, 6) is -0.284. The van der Waals surface area contributed by atoms with Crippen molar-refractivity contribution in [3.63, 3.8) is 0 Å². The Labute approximate surface area is 178 Å². The highest BCUT2D eigenvalue weighted by Gasteiger charge is 2.44. The van der Waals surface area contributed by atoms with Gasteiger partial charge in [-0.2, -0.15) is 0 Å². The first-order valence-corrected chi connectivity index (χ1v) is 11.7. The molecule has 2 aromatic carbocycles. The molecule has 0 unspecified atom stereocenters. The zero-order chi connectivity index (χ0) is 22.1. The molecular weight excluding hydrogens is 402 g/mol. The monoisotopic (exact) mass is 431 g/mol. The van der Waals surface area contributed by atoms with E-state index in [-0.39, 0.29) is 23.2 Å². The minimum Gasteiger partial charge on any atom is -0.484 e. The Morgan fingerprint density at radius 1 is 1.20 bits per heavy atom. The smallest absolute Gasteiger partial charge is 0.257 e. The van der Waals surface area contributed by atoms with E-state index in [2.05, 4.69) is 5.32 Å². The third-order valence-corrected chi connectivity index (χ3v) is 7.66. The summed E-state index contributed by atoms with van der Waals surface area (Å²) in [6, 6.07) is 12.4. The highest BCUT2D eigenvalue weighted by atomic mass is 32.2. The molecule has 0 bridgehead atoms. The van der Waals surface area contributed by atoms with Gasteiger partial charge in [0.05, 0.1) is 16.8 Å². The molecule has 6 nitrogen and oxygen atoms in total. The van der Waals surface area contributed by atoms with Crippen LogP contribution in [0.25, 0.3) is 0 Å². The Morgan fingerprint density at radius 2 is 1.87 bits per heavy atom. The van der Waals surface area contributed by atoms with Gasteiger partial charge in [0.2, 0.25) is 0 Å². The number of hydrogen-bond donors (Lipinski definition) is 2. The zero-order valence-corrected chi connectivity index (χ0v) is 18.6. The van der Waals surface area contributed by atoms with Crippen LogP contribution >= 0.6 is 0 Å². The number of amides is 1. The van der Waals surface area contributed by atoms with Gasteiger partial charge in [0.25, 0.3) is 5.91 Å². The molecule has 0 saturated carbocycles. The summed E-state index contributed by atoms with van der Waals surface area (Å²) in [5, 5.41) is 13.9. The first-order valence-electron chi connectivity index (χ1n) is 10.1. The predicted octanol–water partition coefficient (Wildman–Crippen LogP) is 2.82. The molecule has 0 radical (unpaired) electrons. The Bertz CT molecular complexity index is 1030. The van der Waals surface area contributed by atoms with Crippen molar-refractivity contribution in [1.82, 2.24) is 5.32 Å². The number of aliphatic hydroxyl groups is 1. The summed E-state index contributed by atoms with van der Waals surface area (Å²) in [4.78, 5) is 11.9. The molecule has 2 N–H and O–H groups in total. The SMILES string of the molecule is CCNC(=O)COc1ccc([C@@H]2c3cc(C)ccc3S(=O)(=O)CC(C)(C)[C@@H]2O)cc1. The Balaban J connectivity index is 2.00. The van der Waals surface area contributed by atoms with E-state index in [9.17, 15) is 18.3 Å². The van der Waals surface area contributed by atoms with Crippen LogP contribution in [-0.4, -0.2) is 44.4 Å². The Morgan fingerprint density at radius 3 is 2.50 bits per heavy atom. The first kappa shape index (κ1) is 22.3. The number of ether oxygens (including phenoxy) is 1. The van der Waals surface area contributed by atoms with Gasteiger partial charge in [0, 0.05) is 17.9 Å². The molecule has 1 heterocycles. The van der Waals surface area contributed by atoms with Gasteiger partial charge in [-0.1, -0.05) is 43.7 Å². The number of aliphatic hydroxyl groups excluding tert-OH is 1. The number of carbonyl (C=O) groups excluding carboxylic acids is 1. The number of hydrogen-bond acceptors (Lipinski definition) is 5. The number of aryl methyl sites for hydroxylation is 1. The van der Waals surface area contributed by atoms with Gasteiger partial charge >= 0.3 is 0 Å². The number of nitrogens with one attached hydrogen (secondary N) is 1. The fraction of sp³-hybridized carbons (Fsp3) is 0.435. The lowest BCUT2D eigenvalue weighted by atomic mass is 9.75. The van der Waals surface area contributed by atoms with Crippen LogP contribution in [0.5, 0.6) is 5.75 Å². The number of sulfone groups is 1. The molecule has 0 aromatic heterocycles. The number of rotatable bonds is 5. The standard InChI is InChI=1S/C23H29NO5S/c1-5-24-20(25)13-29-17-9-7-16(8-10-17)21-18-12-15(2)6-11-19(18)30(27,28)14-23(3,4)22(21)26/h6-12,21-22,26H,5,13-14H2,1-4H3,(H,24,25)/t21-,22-/m1/s1. The lowest BCUT2D eigenvalue weighted by molar-refractivity contribution is -0.122. The topological polar surface area (TPSA) is 92.7 Å². The van der Waals surface area contributed by atoms with E-state index in [0.717, 1.165) is 11.1 Å². The number of benzene rings is 2. The number of likely N-dealkylation sites (N-methyl/N-ethyl adjacent to an activating group) is 1. The van der Waals surface area contributed by atoms with Crippen molar-refractivity contribution in [1.29, 1.82) is 0 Å². The fourth-order valence-corrected chi connectivity index (χ4v) is 6.12. The van der Waals surface area contributed by atoms with E-state index < -0.39 is 27.3 Å². The van der Waals surface area contributed by atoms with Gasteiger partial charge < -0.3 is 15.2 Å². The minimum atomic E-state index is -3.54. The molecule has 1 aliphatic heterocycles. The van der Waals surface area contributed by atoms with Gasteiger partial charge in [-0.15, -0.1) is 0 Å². The molecule has 0 spiro atoms. The van der Waals surface area contributed by atoms with E-state index in [1.165, 1.54) is 0 Å². The van der Waals surface area contributed by atoms with Crippen molar-refractivity contribution in [2.45, 2.75) is 44.6 Å². The van der Waals surface area contributed by atoms with Crippen LogP contribution in [0.2, 0.25) is 0 Å². The summed E-state index contributed by atoms with van der Waals surface area (Å²) in [5.41, 5.74) is 1.51. The van der Waals surface area contributed by atoms with Crippen molar-refractivity contribution in [2.75, 3.05) is 18.9 Å². The molecule has 0 saturated heterocycles. The zero-order valence-electron chi connectivity index (χ0n) is 17.8. The molecule has 162 valence electrons. The molecule has 7 heteroatoms. The van der Waals surface area contributed by atoms with E-state index in [0.29, 0.717) is 17.9 Å². The maximum atomic E-state index is 13.0. The molecule has 1 amide bonds. The van der Waals surface area contributed by atoms with Gasteiger partial charge in [-0.25, -0.2) is 8.42 Å². The van der Waals surface area contributed by atoms with Crippen LogP contribution in [0, 0.1) is 12.3 Å². The second-order valence-corrected chi connectivity index (χ2v) is 10.5. The van der Waals surface area contributed by atoms with Crippen molar-refractivity contribution in [3.05, 3.63) is 59.2 Å². The molecule has 2 atom stereocenters. The van der Waals surface area contributed by atoms with E-state index in [1.54, 1.807) is 38.1 Å². The maximum absolute atomic E-state index is 13.0. The normalized spacial score (nSPS) is 21.9. The Kier molecular flexibility index (Phi) is 6.24. The number of carbonyl (C=O) groups is 1. The van der Waals surface area contributed by atoms with E-state index in [1.807, 2.05) is 32.0 Å². The molecule has 30 heavy (non-hydrogen) atoms. The highest BCUT2D eigenvalue weighted by molar-refractivity contribution is 7.91. The molecule has 0 aliphatic carbocycles. The Hall–Kier alpha value is -2.38. The average molecular weight is 432 g/mol. The van der Waals surface area contributed by atoms with Crippen LogP contribution in [-0.2, 0) is 14.6 Å². The van der Waals surface area contributed by atoms with Gasteiger partial charge in [-0.3, -0.25) is 4.79 Å².